The first-order chi connectivity index (χ1) is 18.7. The summed E-state index contributed by atoms with van der Waals surface area (Å²) in [6.07, 6.45) is 1.56. The maximum absolute atomic E-state index is 12.8. The first-order valence-electron chi connectivity index (χ1n) is 11.7. The van der Waals surface area contributed by atoms with Crippen LogP contribution < -0.4 is 20.1 Å². The number of nitrogens with zero attached hydrogens (tertiary/aromatic N) is 1. The summed E-state index contributed by atoms with van der Waals surface area (Å²) >= 11 is 4.18. The highest BCUT2D eigenvalue weighted by Gasteiger charge is 2.36. The molecule has 11 heteroatoms. The van der Waals surface area contributed by atoms with Crippen LogP contribution in [0.25, 0.3) is 6.08 Å². The van der Waals surface area contributed by atoms with Gasteiger partial charge in [0.1, 0.15) is 18.0 Å². The van der Waals surface area contributed by atoms with Crippen molar-refractivity contribution >= 4 is 68.1 Å². The molecule has 1 aliphatic rings. The molecule has 1 aliphatic heterocycles. The van der Waals surface area contributed by atoms with Crippen LogP contribution in [0.4, 0.5) is 16.2 Å². The maximum Gasteiger partial charge on any atom is 0.294 e. The summed E-state index contributed by atoms with van der Waals surface area (Å²) in [5.41, 5.74) is 2.92. The highest BCUT2D eigenvalue weighted by atomic mass is 79.9. The monoisotopic (exact) mass is 609 g/mol. The van der Waals surface area contributed by atoms with E-state index in [1.165, 1.54) is 7.11 Å². The van der Waals surface area contributed by atoms with Crippen LogP contribution >= 0.6 is 27.7 Å². The van der Waals surface area contributed by atoms with E-state index >= 15 is 0 Å². The molecule has 1 saturated heterocycles. The Hall–Kier alpha value is -4.09. The van der Waals surface area contributed by atoms with E-state index in [0.29, 0.717) is 32.9 Å². The Morgan fingerprint density at radius 1 is 0.949 bits per heavy atom. The van der Waals surface area contributed by atoms with Crippen LogP contribution in [0.5, 0.6) is 11.5 Å². The lowest BCUT2D eigenvalue weighted by Crippen LogP contribution is -2.36. The van der Waals surface area contributed by atoms with Crippen molar-refractivity contribution in [3.8, 4) is 11.5 Å². The lowest BCUT2D eigenvalue weighted by atomic mass is 10.2. The van der Waals surface area contributed by atoms with Gasteiger partial charge in [-0.1, -0.05) is 23.8 Å². The number of ether oxygens (including phenoxy) is 2. The number of carbonyl (C=O) groups excluding carboxylic acids is 4. The number of benzene rings is 3. The second kappa shape index (κ2) is 12.6. The van der Waals surface area contributed by atoms with E-state index < -0.39 is 23.6 Å². The van der Waals surface area contributed by atoms with E-state index in [4.69, 9.17) is 9.47 Å². The van der Waals surface area contributed by atoms with Crippen LogP contribution in [0.15, 0.2) is 76.1 Å². The van der Waals surface area contributed by atoms with Crippen molar-refractivity contribution in [1.29, 1.82) is 0 Å². The fourth-order valence-corrected chi connectivity index (χ4v) is 4.86. The average molecular weight is 610 g/mol. The van der Waals surface area contributed by atoms with Gasteiger partial charge in [-0.15, -0.1) is 0 Å². The number of anilines is 2. The van der Waals surface area contributed by atoms with Crippen molar-refractivity contribution in [3.05, 3.63) is 87.2 Å². The summed E-state index contributed by atoms with van der Waals surface area (Å²) in [5.74, 6) is -0.286. The van der Waals surface area contributed by atoms with Gasteiger partial charge in [0.2, 0.25) is 5.91 Å². The normalized spacial score (nSPS) is 13.9. The van der Waals surface area contributed by atoms with Gasteiger partial charge in [0.15, 0.2) is 6.61 Å². The first kappa shape index (κ1) is 27.9. The Labute approximate surface area is 237 Å². The quantitative estimate of drug-likeness (QED) is 0.310. The summed E-state index contributed by atoms with van der Waals surface area (Å²) in [7, 11) is 1.54. The number of imide groups is 1. The smallest absolute Gasteiger partial charge is 0.294 e. The summed E-state index contributed by atoms with van der Waals surface area (Å²) < 4.78 is 11.3. The van der Waals surface area contributed by atoms with E-state index in [9.17, 15) is 19.2 Å². The molecule has 9 nitrogen and oxygen atoms in total. The van der Waals surface area contributed by atoms with E-state index in [1.807, 2.05) is 31.2 Å². The van der Waals surface area contributed by atoms with Gasteiger partial charge in [0, 0.05) is 11.4 Å². The first-order valence-corrected chi connectivity index (χ1v) is 13.3. The lowest BCUT2D eigenvalue weighted by Gasteiger charge is -2.12. The minimum absolute atomic E-state index is 0.190. The SMILES string of the molecule is COc1ccc(NC(=O)CN2C(=O)S/C(=C/c3ccc(OCC(=O)Nc4ccc(C)cc4)c(Br)c3)C2=O)cc1. The third-order valence-corrected chi connectivity index (χ3v) is 7.02. The molecule has 2 N–H and O–H groups in total. The predicted molar refractivity (Wildman–Crippen MR) is 154 cm³/mol. The number of halogens is 1. The van der Waals surface area contributed by atoms with Crippen molar-refractivity contribution < 1.29 is 28.7 Å². The Balaban J connectivity index is 1.33. The minimum atomic E-state index is -0.556. The Bertz CT molecular complexity index is 1440. The Morgan fingerprint density at radius 2 is 1.59 bits per heavy atom. The van der Waals surface area contributed by atoms with Gasteiger partial charge < -0.3 is 20.1 Å². The third kappa shape index (κ3) is 7.49. The molecule has 0 aliphatic carbocycles. The number of amides is 4. The molecule has 3 aromatic rings. The second-order valence-electron chi connectivity index (χ2n) is 8.44. The second-order valence-corrected chi connectivity index (χ2v) is 10.3. The lowest BCUT2D eigenvalue weighted by molar-refractivity contribution is -0.127. The highest BCUT2D eigenvalue weighted by molar-refractivity contribution is 9.10. The van der Waals surface area contributed by atoms with Crippen molar-refractivity contribution in [2.45, 2.75) is 6.92 Å². The van der Waals surface area contributed by atoms with Crippen LogP contribution in [-0.4, -0.2) is 48.1 Å². The zero-order valence-electron chi connectivity index (χ0n) is 21.0. The van der Waals surface area contributed by atoms with Gasteiger partial charge in [-0.2, -0.15) is 0 Å². The zero-order valence-corrected chi connectivity index (χ0v) is 23.4. The molecule has 1 fully saturated rings. The number of nitrogens with one attached hydrogen (secondary N) is 2. The molecule has 0 unspecified atom stereocenters. The van der Waals surface area contributed by atoms with Gasteiger partial charge in [-0.3, -0.25) is 24.1 Å². The molecule has 3 aromatic carbocycles. The van der Waals surface area contributed by atoms with Crippen LogP contribution in [0.1, 0.15) is 11.1 Å². The number of thioether (sulfide) groups is 1. The molecule has 1 heterocycles. The molecule has 0 bridgehead atoms. The summed E-state index contributed by atoms with van der Waals surface area (Å²) in [6.45, 7) is 1.36. The fourth-order valence-electron chi connectivity index (χ4n) is 3.51. The molecule has 4 amide bonds. The predicted octanol–water partition coefficient (Wildman–Crippen LogP) is 5.46. The number of hydrogen-bond donors (Lipinski definition) is 2. The van der Waals surface area contributed by atoms with Crippen molar-refractivity contribution in [2.75, 3.05) is 30.9 Å². The number of carbonyl (C=O) groups is 4. The van der Waals surface area contributed by atoms with Crippen LogP contribution in [0.3, 0.4) is 0 Å². The molecule has 39 heavy (non-hydrogen) atoms. The largest absolute Gasteiger partial charge is 0.497 e. The molecular weight excluding hydrogens is 586 g/mol. The molecule has 0 spiro atoms. The van der Waals surface area contributed by atoms with Crippen LogP contribution in [0.2, 0.25) is 0 Å². The zero-order chi connectivity index (χ0) is 27.9. The molecule has 0 aromatic heterocycles. The maximum atomic E-state index is 12.8. The van der Waals surface area contributed by atoms with Crippen LogP contribution in [0, 0.1) is 6.92 Å². The molecular formula is C28H24BrN3O6S. The third-order valence-electron chi connectivity index (χ3n) is 5.50. The van der Waals surface area contributed by atoms with E-state index in [1.54, 1.807) is 48.5 Å². The van der Waals surface area contributed by atoms with E-state index in [0.717, 1.165) is 22.2 Å². The van der Waals surface area contributed by atoms with Crippen molar-refractivity contribution in [1.82, 2.24) is 4.90 Å². The summed E-state index contributed by atoms with van der Waals surface area (Å²) in [5, 5.41) is 4.89. The highest BCUT2D eigenvalue weighted by Crippen LogP contribution is 2.34. The molecule has 0 saturated carbocycles. The van der Waals surface area contributed by atoms with Crippen LogP contribution in [-0.2, 0) is 14.4 Å². The molecule has 0 radical (unpaired) electrons. The van der Waals surface area contributed by atoms with E-state index in [2.05, 4.69) is 26.6 Å². The topological polar surface area (TPSA) is 114 Å². The fraction of sp³-hybridized carbons (Fsp3) is 0.143. The Morgan fingerprint density at radius 3 is 2.23 bits per heavy atom. The number of methoxy groups -OCH3 is 1. The van der Waals surface area contributed by atoms with Gasteiger partial charge in [-0.05, 0) is 94.8 Å². The Kier molecular flexibility index (Phi) is 9.05. The van der Waals surface area contributed by atoms with Crippen molar-refractivity contribution in [3.63, 3.8) is 0 Å². The number of hydrogen-bond acceptors (Lipinski definition) is 7. The minimum Gasteiger partial charge on any atom is -0.497 e. The standard InChI is InChI=1S/C28H24BrN3O6S/c1-17-3-6-19(7-4-17)31-26(34)16-38-23-12-5-18(13-22(23)29)14-24-27(35)32(28(36)39-24)15-25(33)30-20-8-10-21(37-2)11-9-20/h3-14H,15-16H2,1-2H3,(H,30,33)(H,31,34)/b24-14+. The number of aryl methyl sites for hydroxylation is 1. The molecule has 4 rings (SSSR count). The molecule has 200 valence electrons. The van der Waals surface area contributed by atoms with Crippen molar-refractivity contribution in [2.24, 2.45) is 0 Å². The van der Waals surface area contributed by atoms with E-state index in [-0.39, 0.29) is 17.4 Å². The van der Waals surface area contributed by atoms with Gasteiger partial charge in [-0.25, -0.2) is 0 Å². The molecule has 0 atom stereocenters. The average Bonchev–Trinajstić information content (AvgIpc) is 3.17. The summed E-state index contributed by atoms with van der Waals surface area (Å²) in [6, 6.07) is 19.2. The van der Waals surface area contributed by atoms with Gasteiger partial charge in [0.05, 0.1) is 16.5 Å². The van der Waals surface area contributed by atoms with Gasteiger partial charge in [0.25, 0.3) is 17.1 Å². The van der Waals surface area contributed by atoms with Gasteiger partial charge >= 0.3 is 0 Å². The number of rotatable bonds is 9. The summed E-state index contributed by atoms with van der Waals surface area (Å²) in [4.78, 5) is 51.0.